The summed E-state index contributed by atoms with van der Waals surface area (Å²) in [4.78, 5) is 19.0. The first-order valence-corrected chi connectivity index (χ1v) is 13.6. The fraction of sp³-hybridized carbons (Fsp3) is 0.571. The molecule has 39 heavy (non-hydrogen) atoms. The first-order valence-electron chi connectivity index (χ1n) is 13.6. The van der Waals surface area contributed by atoms with Crippen molar-refractivity contribution < 1.29 is 31.4 Å². The number of aromatic nitrogens is 3. The van der Waals surface area contributed by atoms with Crippen LogP contribution in [0.15, 0.2) is 39.4 Å². The summed E-state index contributed by atoms with van der Waals surface area (Å²) in [6.07, 6.45) is 4.22. The van der Waals surface area contributed by atoms with E-state index in [0.29, 0.717) is 56.5 Å². The number of carbonyl (C=O) groups excluding carboxylic acids is 1. The Bertz CT molecular complexity index is 1270. The van der Waals surface area contributed by atoms with Gasteiger partial charge < -0.3 is 13.9 Å². The van der Waals surface area contributed by atoms with Gasteiger partial charge in [-0.25, -0.2) is 8.78 Å². The second-order valence-corrected chi connectivity index (χ2v) is 10.8. The zero-order chi connectivity index (χ0) is 27.6. The number of aryl methyl sites for hydroxylation is 1. The number of amides is 1. The molecule has 5 rings (SSSR count). The Labute approximate surface area is 223 Å². The molecule has 2 fully saturated rings. The van der Waals surface area contributed by atoms with Gasteiger partial charge in [-0.15, -0.1) is 0 Å². The predicted octanol–water partition coefficient (Wildman–Crippen LogP) is 7.29. The number of benzene rings is 1. The normalized spacial score (nSPS) is 17.9. The number of anilines is 1. The van der Waals surface area contributed by atoms with Crippen LogP contribution in [0.2, 0.25) is 0 Å². The van der Waals surface area contributed by atoms with Crippen molar-refractivity contribution in [1.82, 2.24) is 15.3 Å². The van der Waals surface area contributed by atoms with Gasteiger partial charge in [0.25, 0.3) is 5.89 Å². The van der Waals surface area contributed by atoms with Gasteiger partial charge in [0, 0.05) is 61.9 Å². The van der Waals surface area contributed by atoms with Gasteiger partial charge >= 0.3 is 5.92 Å². The second kappa shape index (κ2) is 11.1. The second-order valence-electron chi connectivity index (χ2n) is 10.8. The molecule has 3 aromatic rings. The molecule has 210 valence electrons. The fourth-order valence-electron chi connectivity index (χ4n) is 4.96. The minimum Gasteiger partial charge on any atom is -0.360 e. The lowest BCUT2D eigenvalue weighted by Gasteiger charge is -2.32. The van der Waals surface area contributed by atoms with Crippen LogP contribution in [0.3, 0.4) is 0 Å². The quantitative estimate of drug-likeness (QED) is 0.185. The third-order valence-electron chi connectivity index (χ3n) is 7.42. The summed E-state index contributed by atoms with van der Waals surface area (Å²) in [6, 6.07) is 9.41. The zero-order valence-electron chi connectivity index (χ0n) is 21.8. The van der Waals surface area contributed by atoms with Crippen LogP contribution in [0.1, 0.15) is 88.1 Å². The highest BCUT2D eigenvalue weighted by Crippen LogP contribution is 2.42. The molecule has 2 aromatic heterocycles. The lowest BCUT2D eigenvalue weighted by atomic mass is 9.85. The Morgan fingerprint density at radius 2 is 1.82 bits per heavy atom. The van der Waals surface area contributed by atoms with Gasteiger partial charge in [0.05, 0.1) is 0 Å². The Hall–Kier alpha value is -3.24. The van der Waals surface area contributed by atoms with E-state index in [0.717, 1.165) is 24.2 Å². The average Bonchev–Trinajstić information content (AvgIpc) is 3.41. The molecular formula is C28H32F4N4O3. The van der Waals surface area contributed by atoms with Gasteiger partial charge in [-0.2, -0.15) is 13.8 Å². The average molecular weight is 549 g/mol. The standard InChI is InChI=1S/C28H32F4N4O3/c1-27(29,30)26-33-24(35-39-26)8-3-2-4-15-36(25(37)19-11-13-28(31,32)14-12-19)21-7-5-6-20(16-21)22-17-23(38-34-22)18-9-10-18/h5-7,16-19H,2-4,8-15H2,1H3. The van der Waals surface area contributed by atoms with Gasteiger partial charge in [-0.3, -0.25) is 4.79 Å². The third-order valence-corrected chi connectivity index (χ3v) is 7.42. The Kier molecular flexibility index (Phi) is 7.77. The van der Waals surface area contributed by atoms with Crippen LogP contribution in [0, 0.1) is 5.92 Å². The summed E-state index contributed by atoms with van der Waals surface area (Å²) in [7, 11) is 0. The number of hydrogen-bond acceptors (Lipinski definition) is 6. The molecule has 2 saturated carbocycles. The Balaban J connectivity index is 1.25. The van der Waals surface area contributed by atoms with Crippen LogP contribution in [0.4, 0.5) is 23.2 Å². The van der Waals surface area contributed by atoms with E-state index >= 15 is 0 Å². The van der Waals surface area contributed by atoms with E-state index in [1.807, 2.05) is 30.3 Å². The summed E-state index contributed by atoms with van der Waals surface area (Å²) in [6.45, 7) is 1.10. The monoisotopic (exact) mass is 548 g/mol. The molecule has 0 spiro atoms. The molecule has 2 aliphatic rings. The van der Waals surface area contributed by atoms with E-state index in [2.05, 4.69) is 19.8 Å². The topological polar surface area (TPSA) is 85.3 Å². The number of nitrogens with zero attached hydrogens (tertiary/aromatic N) is 4. The van der Waals surface area contributed by atoms with E-state index < -0.39 is 23.7 Å². The van der Waals surface area contributed by atoms with Crippen molar-refractivity contribution in [1.29, 1.82) is 0 Å². The van der Waals surface area contributed by atoms with E-state index in [1.54, 1.807) is 4.90 Å². The first-order chi connectivity index (χ1) is 18.6. The maximum Gasteiger partial charge on any atom is 0.322 e. The molecule has 0 unspecified atom stereocenters. The van der Waals surface area contributed by atoms with Crippen LogP contribution in [-0.4, -0.2) is 33.7 Å². The molecule has 7 nitrogen and oxygen atoms in total. The number of halogens is 4. The van der Waals surface area contributed by atoms with Gasteiger partial charge in [-0.05, 0) is 50.7 Å². The van der Waals surface area contributed by atoms with E-state index in [-0.39, 0.29) is 37.4 Å². The molecule has 2 heterocycles. The largest absolute Gasteiger partial charge is 0.360 e. The maximum absolute atomic E-state index is 13.8. The minimum atomic E-state index is -3.19. The number of unbranched alkanes of at least 4 members (excludes halogenated alkanes) is 2. The van der Waals surface area contributed by atoms with Crippen molar-refractivity contribution in [2.75, 3.05) is 11.4 Å². The summed E-state index contributed by atoms with van der Waals surface area (Å²) < 4.78 is 64.3. The van der Waals surface area contributed by atoms with Crippen LogP contribution >= 0.6 is 0 Å². The predicted molar refractivity (Wildman–Crippen MR) is 135 cm³/mol. The lowest BCUT2D eigenvalue weighted by molar-refractivity contribution is -0.126. The molecule has 0 saturated heterocycles. The molecule has 0 aliphatic heterocycles. The van der Waals surface area contributed by atoms with Crippen molar-refractivity contribution in [3.63, 3.8) is 0 Å². The molecule has 0 atom stereocenters. The number of carbonyl (C=O) groups is 1. The number of rotatable bonds is 11. The van der Waals surface area contributed by atoms with Gasteiger partial charge in [0.2, 0.25) is 11.8 Å². The fourth-order valence-corrected chi connectivity index (χ4v) is 4.96. The SMILES string of the molecule is CC(F)(F)c1nc(CCCCCN(C(=O)C2CCC(F)(F)CC2)c2cccc(-c3cc(C4CC4)on3)c2)no1. The Morgan fingerprint density at radius 1 is 1.05 bits per heavy atom. The van der Waals surface area contributed by atoms with Crippen molar-refractivity contribution >= 4 is 11.6 Å². The smallest absolute Gasteiger partial charge is 0.322 e. The minimum absolute atomic E-state index is 0.151. The highest BCUT2D eigenvalue weighted by atomic mass is 19.3. The van der Waals surface area contributed by atoms with Gasteiger partial charge in [-0.1, -0.05) is 28.9 Å². The molecule has 1 amide bonds. The van der Waals surface area contributed by atoms with Crippen LogP contribution in [-0.2, 0) is 17.1 Å². The van der Waals surface area contributed by atoms with E-state index in [4.69, 9.17) is 4.52 Å². The van der Waals surface area contributed by atoms with Crippen LogP contribution in [0.25, 0.3) is 11.3 Å². The summed E-state index contributed by atoms with van der Waals surface area (Å²) >= 11 is 0. The van der Waals surface area contributed by atoms with Crippen LogP contribution in [0.5, 0.6) is 0 Å². The van der Waals surface area contributed by atoms with Crippen molar-refractivity contribution in [2.24, 2.45) is 5.92 Å². The summed E-state index contributed by atoms with van der Waals surface area (Å²) in [5.74, 6) is -5.72. The van der Waals surface area contributed by atoms with Crippen molar-refractivity contribution in [3.8, 4) is 11.3 Å². The molecule has 1 aromatic carbocycles. The molecule has 0 N–H and O–H groups in total. The molecular weight excluding hydrogens is 516 g/mol. The van der Waals surface area contributed by atoms with E-state index in [1.165, 1.54) is 0 Å². The highest BCUT2D eigenvalue weighted by Gasteiger charge is 2.39. The molecule has 11 heteroatoms. The molecule has 2 aliphatic carbocycles. The summed E-state index contributed by atoms with van der Waals surface area (Å²) in [5.41, 5.74) is 2.19. The van der Waals surface area contributed by atoms with E-state index in [9.17, 15) is 22.4 Å². The van der Waals surface area contributed by atoms with Crippen molar-refractivity contribution in [2.45, 2.75) is 88.9 Å². The zero-order valence-corrected chi connectivity index (χ0v) is 21.8. The first kappa shape index (κ1) is 27.3. The molecule has 0 radical (unpaired) electrons. The van der Waals surface area contributed by atoms with Gasteiger partial charge in [0.15, 0.2) is 5.82 Å². The Morgan fingerprint density at radius 3 is 2.51 bits per heavy atom. The van der Waals surface area contributed by atoms with Gasteiger partial charge in [0.1, 0.15) is 11.5 Å². The van der Waals surface area contributed by atoms with Crippen LogP contribution < -0.4 is 4.90 Å². The third kappa shape index (κ3) is 6.86. The maximum atomic E-state index is 13.8. The lowest BCUT2D eigenvalue weighted by Crippen LogP contribution is -2.40. The van der Waals surface area contributed by atoms with Crippen molar-refractivity contribution in [3.05, 3.63) is 47.8 Å². The number of hydrogen-bond donors (Lipinski definition) is 0. The number of alkyl halides is 4. The summed E-state index contributed by atoms with van der Waals surface area (Å²) in [5, 5.41) is 7.82. The molecule has 0 bridgehead atoms. The highest BCUT2D eigenvalue weighted by molar-refractivity contribution is 5.95.